The van der Waals surface area contributed by atoms with Gasteiger partial charge in [-0.2, -0.15) is 0 Å². The van der Waals surface area contributed by atoms with Gasteiger partial charge in [-0.25, -0.2) is 24.1 Å². The zero-order valence-corrected chi connectivity index (χ0v) is 20.7. The SMILES string of the molecule is CCOC(=O)CCn1c(=O)[nH]/c(=N\c2ccc3nc(CC)sc3c2)n(Cc2ccc(C)cc2)c1=O. The highest BCUT2D eigenvalue weighted by Gasteiger charge is 2.12. The number of thiazole rings is 1. The summed E-state index contributed by atoms with van der Waals surface area (Å²) < 4.78 is 8.33. The van der Waals surface area contributed by atoms with Gasteiger partial charge in [0.05, 0.1) is 40.5 Å². The van der Waals surface area contributed by atoms with Crippen LogP contribution in [-0.4, -0.2) is 31.7 Å². The van der Waals surface area contributed by atoms with Crippen LogP contribution in [0.5, 0.6) is 0 Å². The molecular weight excluding hydrogens is 466 g/mol. The summed E-state index contributed by atoms with van der Waals surface area (Å²) >= 11 is 1.59. The Hall–Kier alpha value is -3.79. The van der Waals surface area contributed by atoms with Gasteiger partial charge in [0.15, 0.2) is 0 Å². The van der Waals surface area contributed by atoms with Crippen LogP contribution in [0.4, 0.5) is 5.69 Å². The fourth-order valence-electron chi connectivity index (χ4n) is 3.60. The van der Waals surface area contributed by atoms with E-state index in [1.54, 1.807) is 18.3 Å². The Morgan fingerprint density at radius 3 is 2.60 bits per heavy atom. The lowest BCUT2D eigenvalue weighted by Crippen LogP contribution is -2.50. The molecule has 0 unspecified atom stereocenters. The summed E-state index contributed by atoms with van der Waals surface area (Å²) in [6, 6.07) is 13.4. The standard InChI is InChI=1S/C25H27N5O4S/c1-4-21-27-19-11-10-18(14-20(19)35-21)26-23-28-24(32)29(13-12-22(31)34-5-2)25(33)30(23)15-17-8-6-16(3)7-9-17/h6-11,14H,4-5,12-13,15H2,1-3H3,(H,26,28,32). The highest BCUT2D eigenvalue weighted by atomic mass is 32.1. The topological polar surface area (TPSA) is 111 Å². The lowest BCUT2D eigenvalue weighted by Gasteiger charge is -2.11. The lowest BCUT2D eigenvalue weighted by atomic mass is 10.1. The second kappa shape index (κ2) is 10.6. The largest absolute Gasteiger partial charge is 0.466 e. The minimum atomic E-state index is -0.634. The molecule has 0 bridgehead atoms. The van der Waals surface area contributed by atoms with E-state index in [4.69, 9.17) is 4.74 Å². The van der Waals surface area contributed by atoms with Crippen molar-refractivity contribution in [3.8, 4) is 0 Å². The molecule has 0 fully saturated rings. The molecule has 0 radical (unpaired) electrons. The molecule has 0 saturated heterocycles. The molecule has 35 heavy (non-hydrogen) atoms. The summed E-state index contributed by atoms with van der Waals surface area (Å²) in [6.07, 6.45) is 0.763. The van der Waals surface area contributed by atoms with Crippen molar-refractivity contribution in [2.24, 2.45) is 4.99 Å². The molecule has 2 aromatic heterocycles. The minimum Gasteiger partial charge on any atom is -0.466 e. The first-order valence-electron chi connectivity index (χ1n) is 11.5. The average Bonchev–Trinajstić information content (AvgIpc) is 3.25. The maximum absolute atomic E-state index is 13.4. The van der Waals surface area contributed by atoms with Crippen LogP contribution in [0, 0.1) is 6.92 Å². The number of rotatable bonds is 8. The summed E-state index contributed by atoms with van der Waals surface area (Å²) in [5.74, 6) is -0.470. The van der Waals surface area contributed by atoms with Crippen LogP contribution < -0.4 is 17.0 Å². The molecule has 0 atom stereocenters. The van der Waals surface area contributed by atoms with Crippen molar-refractivity contribution in [2.45, 2.75) is 46.7 Å². The van der Waals surface area contributed by atoms with Crippen LogP contribution in [0.25, 0.3) is 10.2 Å². The molecule has 1 N–H and O–H groups in total. The first-order chi connectivity index (χ1) is 16.9. The molecule has 0 amide bonds. The van der Waals surface area contributed by atoms with Crippen molar-refractivity contribution in [1.82, 2.24) is 19.1 Å². The van der Waals surface area contributed by atoms with E-state index in [0.29, 0.717) is 5.69 Å². The van der Waals surface area contributed by atoms with Crippen molar-refractivity contribution >= 4 is 33.2 Å². The fourth-order valence-corrected chi connectivity index (χ4v) is 4.54. The second-order valence-corrected chi connectivity index (χ2v) is 9.15. The molecule has 0 saturated carbocycles. The number of aromatic amines is 1. The first-order valence-corrected chi connectivity index (χ1v) is 12.3. The van der Waals surface area contributed by atoms with E-state index in [-0.39, 0.29) is 31.7 Å². The zero-order chi connectivity index (χ0) is 24.9. The third-order valence-corrected chi connectivity index (χ3v) is 6.60. The van der Waals surface area contributed by atoms with Gasteiger partial charge in [0, 0.05) is 6.54 Å². The molecule has 0 spiro atoms. The van der Waals surface area contributed by atoms with Crippen LogP contribution >= 0.6 is 11.3 Å². The molecule has 0 aliphatic heterocycles. The fraction of sp³-hybridized carbons (Fsp3) is 0.320. The molecule has 4 aromatic rings. The third kappa shape index (κ3) is 5.65. The smallest absolute Gasteiger partial charge is 0.335 e. The van der Waals surface area contributed by atoms with Crippen molar-refractivity contribution in [3.05, 3.63) is 85.2 Å². The van der Waals surface area contributed by atoms with E-state index in [1.165, 1.54) is 4.57 Å². The Bertz CT molecular complexity index is 1540. The number of ether oxygens (including phenoxy) is 1. The van der Waals surface area contributed by atoms with Crippen LogP contribution in [0.15, 0.2) is 57.0 Å². The summed E-state index contributed by atoms with van der Waals surface area (Å²) in [7, 11) is 0. The van der Waals surface area contributed by atoms with Gasteiger partial charge >= 0.3 is 17.3 Å². The van der Waals surface area contributed by atoms with Gasteiger partial charge in [0.2, 0.25) is 5.62 Å². The molecule has 4 rings (SSSR count). The summed E-state index contributed by atoms with van der Waals surface area (Å²) in [6.45, 7) is 6.09. The number of hydrogen-bond donors (Lipinski definition) is 1. The highest BCUT2D eigenvalue weighted by Crippen LogP contribution is 2.26. The first kappa shape index (κ1) is 24.3. The number of carbonyl (C=O) groups is 1. The summed E-state index contributed by atoms with van der Waals surface area (Å²) in [5.41, 5.74) is 2.41. The third-order valence-electron chi connectivity index (χ3n) is 5.44. The normalized spacial score (nSPS) is 11.8. The molecule has 0 aliphatic rings. The van der Waals surface area contributed by atoms with Crippen molar-refractivity contribution < 1.29 is 9.53 Å². The van der Waals surface area contributed by atoms with Crippen LogP contribution in [0.1, 0.15) is 36.4 Å². The van der Waals surface area contributed by atoms with Gasteiger partial charge in [-0.1, -0.05) is 36.8 Å². The number of hydrogen-bond acceptors (Lipinski definition) is 7. The van der Waals surface area contributed by atoms with Gasteiger partial charge in [0.25, 0.3) is 0 Å². The van der Waals surface area contributed by atoms with Gasteiger partial charge in [-0.3, -0.25) is 14.3 Å². The highest BCUT2D eigenvalue weighted by molar-refractivity contribution is 7.18. The number of nitrogens with one attached hydrogen (secondary N) is 1. The Kier molecular flexibility index (Phi) is 7.40. The molecule has 182 valence electrons. The number of nitrogens with zero attached hydrogens (tertiary/aromatic N) is 4. The van der Waals surface area contributed by atoms with Gasteiger partial charge in [-0.05, 0) is 44.0 Å². The molecule has 10 heteroatoms. The van der Waals surface area contributed by atoms with E-state index >= 15 is 0 Å². The number of esters is 1. The van der Waals surface area contributed by atoms with Crippen LogP contribution in [0.3, 0.4) is 0 Å². The van der Waals surface area contributed by atoms with Crippen LogP contribution in [-0.2, 0) is 29.0 Å². The molecule has 2 aromatic carbocycles. The maximum Gasteiger partial charge on any atom is 0.335 e. The Morgan fingerprint density at radius 1 is 1.11 bits per heavy atom. The van der Waals surface area contributed by atoms with Gasteiger partial charge < -0.3 is 4.74 Å². The lowest BCUT2D eigenvalue weighted by molar-refractivity contribution is -0.143. The zero-order valence-electron chi connectivity index (χ0n) is 19.9. The monoisotopic (exact) mass is 493 g/mol. The second-order valence-electron chi connectivity index (χ2n) is 8.04. The van der Waals surface area contributed by atoms with E-state index in [2.05, 4.69) is 21.9 Å². The summed E-state index contributed by atoms with van der Waals surface area (Å²) in [4.78, 5) is 49.9. The number of benzene rings is 2. The number of carbonyl (C=O) groups excluding carboxylic acids is 1. The van der Waals surface area contributed by atoms with Gasteiger partial charge in [-0.15, -0.1) is 11.3 Å². The van der Waals surface area contributed by atoms with Crippen molar-refractivity contribution in [3.63, 3.8) is 0 Å². The molecule has 9 nitrogen and oxygen atoms in total. The van der Waals surface area contributed by atoms with E-state index in [0.717, 1.165) is 37.3 Å². The number of aryl methyl sites for hydroxylation is 2. The molecule has 2 heterocycles. The van der Waals surface area contributed by atoms with E-state index in [9.17, 15) is 14.4 Å². The van der Waals surface area contributed by atoms with Crippen molar-refractivity contribution in [1.29, 1.82) is 0 Å². The van der Waals surface area contributed by atoms with E-state index in [1.807, 2.05) is 49.4 Å². The predicted octanol–water partition coefficient (Wildman–Crippen LogP) is 3.05. The molecular formula is C25H27N5O4S. The molecule has 0 aliphatic carbocycles. The van der Waals surface area contributed by atoms with Crippen molar-refractivity contribution in [2.75, 3.05) is 6.61 Å². The average molecular weight is 494 g/mol. The Labute approximate surface area is 205 Å². The number of aromatic nitrogens is 4. The predicted molar refractivity (Wildman–Crippen MR) is 135 cm³/mol. The number of fused-ring (bicyclic) bond motifs is 1. The Morgan fingerprint density at radius 2 is 1.89 bits per heavy atom. The minimum absolute atomic E-state index is 0.0837. The quantitative estimate of drug-likeness (QED) is 0.379. The number of H-pyrrole nitrogens is 1. The van der Waals surface area contributed by atoms with Gasteiger partial charge in [0.1, 0.15) is 0 Å². The van der Waals surface area contributed by atoms with Crippen LogP contribution in [0.2, 0.25) is 0 Å². The van der Waals surface area contributed by atoms with E-state index < -0.39 is 17.3 Å². The summed E-state index contributed by atoms with van der Waals surface area (Å²) in [5, 5.41) is 1.03. The maximum atomic E-state index is 13.4. The Balaban J connectivity index is 1.81.